The van der Waals surface area contributed by atoms with Crippen molar-refractivity contribution in [1.29, 1.82) is 5.26 Å². The third-order valence-electron chi connectivity index (χ3n) is 5.67. The molecular formula is C20H19N7O. The van der Waals surface area contributed by atoms with E-state index in [1.165, 1.54) is 4.68 Å². The SMILES string of the molecule is CC(C)n1c(=O)c2c(-c3c(C4(C)CC4)nnn3C#N)ncn2c2ccccc21. The number of imidazole rings is 1. The van der Waals surface area contributed by atoms with E-state index in [0.717, 1.165) is 29.6 Å². The number of nitriles is 1. The Hall–Kier alpha value is -3.47. The van der Waals surface area contributed by atoms with Crippen LogP contribution in [0.4, 0.5) is 0 Å². The van der Waals surface area contributed by atoms with Gasteiger partial charge in [0.2, 0.25) is 6.19 Å². The van der Waals surface area contributed by atoms with E-state index in [0.29, 0.717) is 16.9 Å². The monoisotopic (exact) mass is 373 g/mol. The summed E-state index contributed by atoms with van der Waals surface area (Å²) in [6.07, 6.45) is 5.66. The number of hydrogen-bond acceptors (Lipinski definition) is 5. The zero-order chi connectivity index (χ0) is 19.6. The van der Waals surface area contributed by atoms with E-state index in [1.807, 2.05) is 44.3 Å². The summed E-state index contributed by atoms with van der Waals surface area (Å²) in [7, 11) is 0. The van der Waals surface area contributed by atoms with Crippen molar-refractivity contribution in [3.63, 3.8) is 0 Å². The van der Waals surface area contributed by atoms with Crippen molar-refractivity contribution >= 4 is 16.6 Å². The highest BCUT2D eigenvalue weighted by molar-refractivity contribution is 5.85. The first-order valence-corrected chi connectivity index (χ1v) is 9.33. The summed E-state index contributed by atoms with van der Waals surface area (Å²) < 4.78 is 4.75. The molecule has 1 aromatic carbocycles. The van der Waals surface area contributed by atoms with Crippen LogP contribution in [0.2, 0.25) is 0 Å². The van der Waals surface area contributed by atoms with Crippen LogP contribution in [0.5, 0.6) is 0 Å². The lowest BCUT2D eigenvalue weighted by atomic mass is 10.0. The predicted molar refractivity (Wildman–Crippen MR) is 104 cm³/mol. The largest absolute Gasteiger partial charge is 0.302 e. The smallest absolute Gasteiger partial charge is 0.277 e. The summed E-state index contributed by atoms with van der Waals surface area (Å²) in [6, 6.07) is 7.74. The fourth-order valence-corrected chi connectivity index (χ4v) is 3.91. The molecule has 8 heteroatoms. The van der Waals surface area contributed by atoms with Gasteiger partial charge < -0.3 is 4.57 Å². The maximum absolute atomic E-state index is 13.5. The van der Waals surface area contributed by atoms with E-state index < -0.39 is 0 Å². The molecule has 5 rings (SSSR count). The van der Waals surface area contributed by atoms with Gasteiger partial charge in [0.25, 0.3) is 5.56 Å². The van der Waals surface area contributed by atoms with Gasteiger partial charge in [-0.05, 0) is 38.8 Å². The molecular weight excluding hydrogens is 354 g/mol. The van der Waals surface area contributed by atoms with Crippen LogP contribution >= 0.6 is 0 Å². The number of nitrogens with zero attached hydrogens (tertiary/aromatic N) is 7. The van der Waals surface area contributed by atoms with Gasteiger partial charge in [0.15, 0.2) is 0 Å². The highest BCUT2D eigenvalue weighted by Crippen LogP contribution is 2.49. The Morgan fingerprint density at radius 3 is 2.57 bits per heavy atom. The Balaban J connectivity index is 1.94. The number of para-hydroxylation sites is 2. The predicted octanol–water partition coefficient (Wildman–Crippen LogP) is 2.87. The van der Waals surface area contributed by atoms with Crippen molar-refractivity contribution in [1.82, 2.24) is 28.9 Å². The second kappa shape index (κ2) is 5.52. The molecule has 0 amide bonds. The lowest BCUT2D eigenvalue weighted by molar-refractivity contribution is 0.601. The third-order valence-corrected chi connectivity index (χ3v) is 5.67. The second-order valence-electron chi connectivity index (χ2n) is 7.93. The van der Waals surface area contributed by atoms with Gasteiger partial charge >= 0.3 is 0 Å². The van der Waals surface area contributed by atoms with Crippen LogP contribution in [0.3, 0.4) is 0 Å². The zero-order valence-electron chi connectivity index (χ0n) is 15.9. The van der Waals surface area contributed by atoms with Gasteiger partial charge in [-0.15, -0.1) is 9.78 Å². The number of rotatable bonds is 3. The zero-order valence-corrected chi connectivity index (χ0v) is 15.9. The van der Waals surface area contributed by atoms with Crippen molar-refractivity contribution in [2.45, 2.75) is 45.1 Å². The minimum Gasteiger partial charge on any atom is -0.302 e. The number of fused-ring (bicyclic) bond motifs is 3. The molecule has 140 valence electrons. The Labute approximate surface area is 160 Å². The van der Waals surface area contributed by atoms with Gasteiger partial charge in [0.05, 0.1) is 16.7 Å². The highest BCUT2D eigenvalue weighted by atomic mass is 16.1. The summed E-state index contributed by atoms with van der Waals surface area (Å²) in [5.41, 5.74) is 3.63. The molecule has 0 aliphatic heterocycles. The maximum atomic E-state index is 13.5. The quantitative estimate of drug-likeness (QED) is 0.550. The maximum Gasteiger partial charge on any atom is 0.277 e. The fourth-order valence-electron chi connectivity index (χ4n) is 3.91. The van der Waals surface area contributed by atoms with Crippen LogP contribution in [0, 0.1) is 11.5 Å². The Kier molecular flexibility index (Phi) is 3.29. The topological polar surface area (TPSA) is 93.8 Å². The van der Waals surface area contributed by atoms with Crippen molar-refractivity contribution in [2.24, 2.45) is 0 Å². The molecule has 0 saturated heterocycles. The first kappa shape index (κ1) is 16.7. The van der Waals surface area contributed by atoms with Crippen LogP contribution in [0.25, 0.3) is 27.9 Å². The van der Waals surface area contributed by atoms with Crippen molar-refractivity contribution in [2.75, 3.05) is 0 Å². The van der Waals surface area contributed by atoms with E-state index in [1.54, 1.807) is 15.3 Å². The molecule has 0 bridgehead atoms. The number of benzene rings is 1. The summed E-state index contributed by atoms with van der Waals surface area (Å²) in [5, 5.41) is 17.8. The lowest BCUT2D eigenvalue weighted by Gasteiger charge is -2.15. The van der Waals surface area contributed by atoms with Crippen molar-refractivity contribution in [3.05, 3.63) is 46.6 Å². The molecule has 1 aliphatic rings. The molecule has 1 aliphatic carbocycles. The minimum absolute atomic E-state index is 0.0235. The van der Waals surface area contributed by atoms with Crippen LogP contribution in [0.1, 0.15) is 45.3 Å². The first-order valence-electron chi connectivity index (χ1n) is 9.33. The first-order chi connectivity index (χ1) is 13.5. The third kappa shape index (κ3) is 2.10. The number of hydrogen-bond donors (Lipinski definition) is 0. The molecule has 1 fully saturated rings. The summed E-state index contributed by atoms with van der Waals surface area (Å²) in [5.74, 6) is 0. The van der Waals surface area contributed by atoms with E-state index >= 15 is 0 Å². The Morgan fingerprint density at radius 2 is 1.93 bits per heavy atom. The standard InChI is InChI=1S/C20H19N7O/c1-12(2)27-14-7-5-4-6-13(14)25-11-22-15(17(25)19(27)28)16-18(20(3)8-9-20)23-24-26(16)10-21/h4-7,11-12H,8-9H2,1-3H3. The number of aromatic nitrogens is 6. The average molecular weight is 373 g/mol. The van der Waals surface area contributed by atoms with Gasteiger partial charge in [-0.2, -0.15) is 5.26 Å². The second-order valence-corrected chi connectivity index (χ2v) is 7.93. The van der Waals surface area contributed by atoms with Crippen LogP contribution in [0.15, 0.2) is 35.4 Å². The minimum atomic E-state index is -0.140. The summed E-state index contributed by atoms with van der Waals surface area (Å²) in [6.45, 7) is 6.07. The van der Waals surface area contributed by atoms with E-state index in [9.17, 15) is 10.1 Å². The Bertz CT molecular complexity index is 1340. The molecule has 0 atom stereocenters. The normalized spacial score (nSPS) is 15.4. The lowest BCUT2D eigenvalue weighted by Crippen LogP contribution is -2.24. The van der Waals surface area contributed by atoms with Gasteiger partial charge in [0, 0.05) is 11.5 Å². The van der Waals surface area contributed by atoms with Gasteiger partial charge in [-0.3, -0.25) is 9.20 Å². The molecule has 8 nitrogen and oxygen atoms in total. The molecule has 0 radical (unpaired) electrons. The van der Waals surface area contributed by atoms with Crippen LogP contribution in [-0.4, -0.2) is 28.9 Å². The van der Waals surface area contributed by atoms with Gasteiger partial charge in [0.1, 0.15) is 23.2 Å². The Morgan fingerprint density at radius 1 is 1.21 bits per heavy atom. The molecule has 3 heterocycles. The van der Waals surface area contributed by atoms with E-state index in [2.05, 4.69) is 22.2 Å². The molecule has 0 N–H and O–H groups in total. The van der Waals surface area contributed by atoms with Gasteiger partial charge in [-0.1, -0.05) is 24.3 Å². The molecule has 0 unspecified atom stereocenters. The van der Waals surface area contributed by atoms with E-state index in [4.69, 9.17) is 0 Å². The van der Waals surface area contributed by atoms with Crippen molar-refractivity contribution < 1.29 is 0 Å². The molecule has 0 spiro atoms. The highest BCUT2D eigenvalue weighted by Gasteiger charge is 2.45. The summed E-state index contributed by atoms with van der Waals surface area (Å²) in [4.78, 5) is 18.1. The average Bonchev–Trinajstić information content (AvgIpc) is 3.10. The van der Waals surface area contributed by atoms with Crippen LogP contribution < -0.4 is 5.56 Å². The fraction of sp³-hybridized carbons (Fsp3) is 0.350. The summed E-state index contributed by atoms with van der Waals surface area (Å²) >= 11 is 0. The van der Waals surface area contributed by atoms with Gasteiger partial charge in [-0.25, -0.2) is 4.98 Å². The molecule has 1 saturated carbocycles. The van der Waals surface area contributed by atoms with Crippen molar-refractivity contribution in [3.8, 4) is 17.6 Å². The van der Waals surface area contributed by atoms with Crippen LogP contribution in [-0.2, 0) is 5.41 Å². The van der Waals surface area contributed by atoms with E-state index in [-0.39, 0.29) is 17.0 Å². The molecule has 3 aromatic heterocycles. The molecule has 4 aromatic rings. The molecule has 28 heavy (non-hydrogen) atoms.